The quantitative estimate of drug-likeness (QED) is 0.561. The van der Waals surface area contributed by atoms with E-state index in [1.165, 1.54) is 4.31 Å². The lowest BCUT2D eigenvalue weighted by atomic mass is 10.2. The molecule has 2 aromatic carbocycles. The second-order valence-corrected chi connectivity index (χ2v) is 9.23. The molecule has 3 aromatic rings. The number of sulfonamides is 1. The van der Waals surface area contributed by atoms with E-state index in [9.17, 15) is 17.2 Å². The van der Waals surface area contributed by atoms with Gasteiger partial charge in [-0.15, -0.1) is 0 Å². The number of hydrogen-bond donors (Lipinski definition) is 2. The highest BCUT2D eigenvalue weighted by atomic mass is 32.2. The average molecular weight is 464 g/mol. The molecule has 0 radical (unpaired) electrons. The van der Waals surface area contributed by atoms with Gasteiger partial charge < -0.3 is 16.2 Å². The zero-order valence-corrected chi connectivity index (χ0v) is 17.9. The summed E-state index contributed by atoms with van der Waals surface area (Å²) in [5, 5.41) is 0.587. The van der Waals surface area contributed by atoms with Crippen LogP contribution >= 0.6 is 0 Å². The Kier molecular flexibility index (Phi) is 6.09. The molecule has 0 amide bonds. The molecule has 1 fully saturated rings. The van der Waals surface area contributed by atoms with Crippen LogP contribution in [0.2, 0.25) is 0 Å². The number of nitrogens with two attached hydrogens (primary N) is 2. The van der Waals surface area contributed by atoms with Crippen LogP contribution < -0.4 is 16.2 Å². The minimum absolute atomic E-state index is 0.0864. The maximum Gasteiger partial charge on any atom is 0.243 e. The van der Waals surface area contributed by atoms with Crippen molar-refractivity contribution in [3.05, 3.63) is 48.0 Å². The van der Waals surface area contributed by atoms with E-state index in [4.69, 9.17) is 16.2 Å². The van der Waals surface area contributed by atoms with E-state index in [2.05, 4.69) is 14.9 Å². The predicted molar refractivity (Wildman–Crippen MR) is 115 cm³/mol. The second kappa shape index (κ2) is 8.81. The van der Waals surface area contributed by atoms with Crippen LogP contribution in [0.4, 0.5) is 20.5 Å². The van der Waals surface area contributed by atoms with E-state index in [0.29, 0.717) is 49.0 Å². The first-order valence-electron chi connectivity index (χ1n) is 9.88. The normalized spacial score (nSPS) is 15.8. The maximum absolute atomic E-state index is 13.5. The zero-order valence-electron chi connectivity index (χ0n) is 17.0. The Morgan fingerprint density at radius 1 is 1.00 bits per heavy atom. The van der Waals surface area contributed by atoms with Crippen LogP contribution in [0.1, 0.15) is 0 Å². The van der Waals surface area contributed by atoms with Gasteiger partial charge in [-0.3, -0.25) is 4.90 Å². The van der Waals surface area contributed by atoms with Crippen molar-refractivity contribution in [2.45, 2.75) is 4.90 Å². The molecule has 2 heterocycles. The third kappa shape index (κ3) is 4.42. The van der Waals surface area contributed by atoms with Gasteiger partial charge in [-0.2, -0.15) is 9.29 Å². The third-order valence-corrected chi connectivity index (χ3v) is 7.15. The topological polar surface area (TPSA) is 128 Å². The first kappa shape index (κ1) is 22.1. The van der Waals surface area contributed by atoms with Crippen LogP contribution in [0.25, 0.3) is 10.9 Å². The molecule has 9 nitrogen and oxygen atoms in total. The molecule has 32 heavy (non-hydrogen) atoms. The molecule has 0 atom stereocenters. The monoisotopic (exact) mass is 464 g/mol. The fraction of sp³-hybridized carbons (Fsp3) is 0.300. The first-order chi connectivity index (χ1) is 15.3. The lowest BCUT2D eigenvalue weighted by Gasteiger charge is -2.33. The number of hydrogen-bond acceptors (Lipinski definition) is 8. The minimum atomic E-state index is -3.89. The van der Waals surface area contributed by atoms with Crippen LogP contribution in [-0.2, 0) is 10.0 Å². The highest BCUT2D eigenvalue weighted by molar-refractivity contribution is 7.89. The van der Waals surface area contributed by atoms with Crippen LogP contribution in [0, 0.1) is 11.6 Å². The number of halogens is 2. The zero-order chi connectivity index (χ0) is 22.9. The number of fused-ring (bicyclic) bond motifs is 1. The van der Waals surface area contributed by atoms with Crippen LogP contribution in [-0.4, -0.2) is 66.9 Å². The van der Waals surface area contributed by atoms with Gasteiger partial charge in [0.1, 0.15) is 18.2 Å². The molecular weight excluding hydrogens is 442 g/mol. The molecule has 1 aliphatic heterocycles. The third-order valence-electron chi connectivity index (χ3n) is 5.26. The van der Waals surface area contributed by atoms with Crippen molar-refractivity contribution in [2.24, 2.45) is 0 Å². The maximum atomic E-state index is 13.5. The summed E-state index contributed by atoms with van der Waals surface area (Å²) in [6.07, 6.45) is 0. The van der Waals surface area contributed by atoms with Crippen molar-refractivity contribution in [2.75, 3.05) is 50.8 Å². The van der Waals surface area contributed by atoms with Gasteiger partial charge in [0.2, 0.25) is 16.0 Å². The van der Waals surface area contributed by atoms with E-state index in [1.807, 2.05) is 0 Å². The standard InChI is InChI=1S/C20H22F2N6O3S/c21-14-5-4-13(12-15(14)22)32(29,30)28-8-6-27(7-9-28)10-11-31-17-3-1-2-16-18(17)19(23)26-20(24)25-16/h1-5,12H,6-11H2,(H4,23,24,25,26). The Labute approximate surface area is 183 Å². The summed E-state index contributed by atoms with van der Waals surface area (Å²) >= 11 is 0. The summed E-state index contributed by atoms with van der Waals surface area (Å²) in [4.78, 5) is 9.92. The molecule has 4 N–H and O–H groups in total. The number of ether oxygens (including phenoxy) is 1. The van der Waals surface area contributed by atoms with Crippen molar-refractivity contribution in [1.29, 1.82) is 0 Å². The van der Waals surface area contributed by atoms with Gasteiger partial charge in [-0.25, -0.2) is 22.2 Å². The molecule has 1 saturated heterocycles. The predicted octanol–water partition coefficient (Wildman–Crippen LogP) is 1.46. The lowest BCUT2D eigenvalue weighted by Crippen LogP contribution is -2.49. The number of benzene rings is 2. The van der Waals surface area contributed by atoms with Gasteiger partial charge in [-0.05, 0) is 30.3 Å². The summed E-state index contributed by atoms with van der Waals surface area (Å²) in [6, 6.07) is 7.91. The Morgan fingerprint density at radius 2 is 1.75 bits per heavy atom. The Balaban J connectivity index is 1.34. The minimum Gasteiger partial charge on any atom is -0.491 e. The summed E-state index contributed by atoms with van der Waals surface area (Å²) in [6.45, 7) is 2.32. The van der Waals surface area contributed by atoms with Gasteiger partial charge in [-0.1, -0.05) is 6.07 Å². The van der Waals surface area contributed by atoms with Crippen molar-refractivity contribution in [1.82, 2.24) is 19.2 Å². The SMILES string of the molecule is Nc1nc(N)c2c(OCCN3CCN(S(=O)(=O)c4ccc(F)c(F)c4)CC3)cccc2n1. The molecule has 1 aliphatic rings. The number of piperazine rings is 1. The Hall–Kier alpha value is -3.09. The van der Waals surface area contributed by atoms with Crippen molar-refractivity contribution < 1.29 is 21.9 Å². The molecule has 0 bridgehead atoms. The number of nitrogens with zero attached hydrogens (tertiary/aromatic N) is 4. The summed E-state index contributed by atoms with van der Waals surface area (Å²) in [5.74, 6) is -1.41. The summed E-state index contributed by atoms with van der Waals surface area (Å²) in [7, 11) is -3.89. The molecule has 0 unspecified atom stereocenters. The van der Waals surface area contributed by atoms with Crippen LogP contribution in [0.3, 0.4) is 0 Å². The lowest BCUT2D eigenvalue weighted by molar-refractivity contribution is 0.159. The average Bonchev–Trinajstić information content (AvgIpc) is 2.75. The van der Waals surface area contributed by atoms with E-state index in [1.54, 1.807) is 18.2 Å². The molecule has 4 rings (SSSR count). The van der Waals surface area contributed by atoms with Crippen LogP contribution in [0.5, 0.6) is 5.75 Å². The first-order valence-corrected chi connectivity index (χ1v) is 11.3. The second-order valence-electron chi connectivity index (χ2n) is 7.29. The molecular formula is C20H22F2N6O3S. The smallest absolute Gasteiger partial charge is 0.243 e. The summed E-state index contributed by atoms with van der Waals surface area (Å²) < 4.78 is 59.1. The highest BCUT2D eigenvalue weighted by Gasteiger charge is 2.29. The number of anilines is 2. The molecule has 12 heteroatoms. The molecule has 1 aromatic heterocycles. The molecule has 0 aliphatic carbocycles. The fourth-order valence-corrected chi connectivity index (χ4v) is 5.02. The van der Waals surface area contributed by atoms with Gasteiger partial charge in [0.05, 0.1) is 15.8 Å². The molecule has 0 saturated carbocycles. The van der Waals surface area contributed by atoms with Gasteiger partial charge in [0, 0.05) is 32.7 Å². The van der Waals surface area contributed by atoms with Crippen LogP contribution in [0.15, 0.2) is 41.3 Å². The largest absolute Gasteiger partial charge is 0.491 e. The van der Waals surface area contributed by atoms with E-state index < -0.39 is 21.7 Å². The number of aromatic nitrogens is 2. The number of nitrogen functional groups attached to an aromatic ring is 2. The Morgan fingerprint density at radius 3 is 2.47 bits per heavy atom. The van der Waals surface area contributed by atoms with Gasteiger partial charge >= 0.3 is 0 Å². The summed E-state index contributed by atoms with van der Waals surface area (Å²) in [5.41, 5.74) is 12.2. The van der Waals surface area contributed by atoms with Crippen molar-refractivity contribution in [3.8, 4) is 5.75 Å². The Bertz CT molecular complexity index is 1250. The van der Waals surface area contributed by atoms with Crippen molar-refractivity contribution in [3.63, 3.8) is 0 Å². The fourth-order valence-electron chi connectivity index (χ4n) is 3.58. The highest BCUT2D eigenvalue weighted by Crippen LogP contribution is 2.29. The van der Waals surface area contributed by atoms with Crippen molar-refractivity contribution >= 4 is 32.7 Å². The molecule has 0 spiro atoms. The van der Waals surface area contributed by atoms with E-state index in [-0.39, 0.29) is 29.8 Å². The van der Waals surface area contributed by atoms with E-state index >= 15 is 0 Å². The van der Waals surface area contributed by atoms with Gasteiger partial charge in [0.25, 0.3) is 0 Å². The molecule has 170 valence electrons. The number of rotatable bonds is 6. The van der Waals surface area contributed by atoms with Gasteiger partial charge in [0.15, 0.2) is 11.6 Å². The van der Waals surface area contributed by atoms with E-state index in [0.717, 1.165) is 12.1 Å².